The molecule has 1 aromatic heterocycles. The van der Waals surface area contributed by atoms with Crippen LogP contribution >= 0.6 is 11.6 Å². The first-order chi connectivity index (χ1) is 14.2. The summed E-state index contributed by atoms with van der Waals surface area (Å²) in [4.78, 5) is 41.1. The summed E-state index contributed by atoms with van der Waals surface area (Å²) in [6.07, 6.45) is 0.0805. The number of nitrogens with zero attached hydrogens (tertiary/aromatic N) is 2. The highest BCUT2D eigenvalue weighted by atomic mass is 35.5. The lowest BCUT2D eigenvalue weighted by Gasteiger charge is -2.26. The van der Waals surface area contributed by atoms with Crippen molar-refractivity contribution in [1.82, 2.24) is 9.55 Å². The monoisotopic (exact) mass is 437 g/mol. The molecule has 0 saturated heterocycles. The summed E-state index contributed by atoms with van der Waals surface area (Å²) in [5, 5.41) is 3.18. The van der Waals surface area contributed by atoms with Crippen LogP contribution in [0.5, 0.6) is 0 Å². The van der Waals surface area contributed by atoms with Gasteiger partial charge in [0.1, 0.15) is 11.5 Å². The number of ether oxygens (including phenoxy) is 1. The Morgan fingerprint density at radius 1 is 1.30 bits per heavy atom. The first-order valence-corrected chi connectivity index (χ1v) is 10.0. The van der Waals surface area contributed by atoms with Gasteiger partial charge in [-0.05, 0) is 18.1 Å². The van der Waals surface area contributed by atoms with E-state index in [4.69, 9.17) is 22.1 Å². The number of nitrogen functional groups attached to an aromatic ring is 1. The molecule has 0 spiro atoms. The van der Waals surface area contributed by atoms with Crippen molar-refractivity contribution in [3.63, 3.8) is 0 Å². The maximum Gasteiger partial charge on any atom is 0.330 e. The quantitative estimate of drug-likeness (QED) is 0.521. The molecule has 2 rings (SSSR count). The molecule has 2 aromatic rings. The van der Waals surface area contributed by atoms with Crippen molar-refractivity contribution in [2.75, 3.05) is 42.8 Å². The molecule has 0 radical (unpaired) electrons. The minimum atomic E-state index is -0.597. The summed E-state index contributed by atoms with van der Waals surface area (Å²) in [5.41, 5.74) is 5.70. The van der Waals surface area contributed by atoms with E-state index in [-0.39, 0.29) is 36.3 Å². The molecular formula is C20H28ClN5O4. The molecule has 0 atom stereocenters. The maximum absolute atomic E-state index is 12.5. The number of aromatic nitrogens is 2. The van der Waals surface area contributed by atoms with E-state index >= 15 is 0 Å². The maximum atomic E-state index is 12.5. The molecule has 164 valence electrons. The van der Waals surface area contributed by atoms with Crippen LogP contribution in [0, 0.1) is 5.92 Å². The van der Waals surface area contributed by atoms with E-state index in [1.54, 1.807) is 29.2 Å². The van der Waals surface area contributed by atoms with Crippen molar-refractivity contribution >= 4 is 34.7 Å². The van der Waals surface area contributed by atoms with Gasteiger partial charge < -0.3 is 20.7 Å². The molecule has 1 aromatic carbocycles. The summed E-state index contributed by atoms with van der Waals surface area (Å²) in [5.74, 6) is -0.0475. The van der Waals surface area contributed by atoms with Crippen LogP contribution in [0.2, 0.25) is 5.02 Å². The van der Waals surface area contributed by atoms with Crippen molar-refractivity contribution in [3.05, 3.63) is 50.1 Å². The zero-order valence-corrected chi connectivity index (χ0v) is 18.2. The number of aromatic amines is 1. The van der Waals surface area contributed by atoms with Crippen molar-refractivity contribution in [2.24, 2.45) is 5.92 Å². The third-order valence-corrected chi connectivity index (χ3v) is 4.73. The van der Waals surface area contributed by atoms with E-state index in [0.717, 1.165) is 0 Å². The normalized spacial score (nSPS) is 11.0. The van der Waals surface area contributed by atoms with E-state index in [1.807, 2.05) is 13.8 Å². The van der Waals surface area contributed by atoms with Crippen LogP contribution in [-0.4, -0.2) is 42.3 Å². The minimum absolute atomic E-state index is 0.0695. The number of methoxy groups -OCH3 is 1. The molecule has 1 amide bonds. The van der Waals surface area contributed by atoms with Gasteiger partial charge >= 0.3 is 5.69 Å². The number of amides is 1. The van der Waals surface area contributed by atoms with Gasteiger partial charge in [-0.25, -0.2) is 4.79 Å². The van der Waals surface area contributed by atoms with Crippen LogP contribution in [0.25, 0.3) is 0 Å². The van der Waals surface area contributed by atoms with Crippen molar-refractivity contribution in [2.45, 2.75) is 26.8 Å². The SMILES string of the molecule is COCCN(CCC(=O)Nc1ccccc1Cl)c1c(N)n(CC(C)C)c(=O)[nH]c1=O. The first kappa shape index (κ1) is 23.5. The van der Waals surface area contributed by atoms with Crippen LogP contribution in [0.3, 0.4) is 0 Å². The van der Waals surface area contributed by atoms with Gasteiger partial charge in [0.05, 0.1) is 17.3 Å². The number of hydrogen-bond donors (Lipinski definition) is 3. The van der Waals surface area contributed by atoms with Gasteiger partial charge in [-0.2, -0.15) is 0 Å². The molecular weight excluding hydrogens is 410 g/mol. The molecule has 0 saturated carbocycles. The number of benzene rings is 1. The van der Waals surface area contributed by atoms with E-state index in [0.29, 0.717) is 30.4 Å². The standard InChI is InChI=1S/C20H28ClN5O4/c1-13(2)12-26-18(22)17(19(28)24-20(26)29)25(10-11-30-3)9-8-16(27)23-15-7-5-4-6-14(15)21/h4-7,13H,8-12,22H2,1-3H3,(H,23,27)(H,24,28,29). The minimum Gasteiger partial charge on any atom is -0.383 e. The van der Waals surface area contributed by atoms with Gasteiger partial charge in [-0.15, -0.1) is 0 Å². The topological polar surface area (TPSA) is 122 Å². The third kappa shape index (κ3) is 6.11. The molecule has 4 N–H and O–H groups in total. The zero-order chi connectivity index (χ0) is 22.3. The van der Waals surface area contributed by atoms with Gasteiger partial charge in [-0.1, -0.05) is 37.6 Å². The fourth-order valence-corrected chi connectivity index (χ4v) is 3.16. The Morgan fingerprint density at radius 2 is 2.00 bits per heavy atom. The van der Waals surface area contributed by atoms with Crippen LogP contribution < -0.4 is 27.2 Å². The number of para-hydroxylation sites is 1. The van der Waals surface area contributed by atoms with Crippen LogP contribution in [-0.2, 0) is 16.1 Å². The highest BCUT2D eigenvalue weighted by Crippen LogP contribution is 2.21. The second-order valence-corrected chi connectivity index (χ2v) is 7.66. The van der Waals surface area contributed by atoms with E-state index < -0.39 is 11.2 Å². The Bertz CT molecular complexity index is 986. The summed E-state index contributed by atoms with van der Waals surface area (Å²) in [6, 6.07) is 6.92. The van der Waals surface area contributed by atoms with Gasteiger partial charge in [-0.3, -0.25) is 19.1 Å². The van der Waals surface area contributed by atoms with Gasteiger partial charge in [0.2, 0.25) is 5.91 Å². The lowest BCUT2D eigenvalue weighted by Crippen LogP contribution is -2.41. The molecule has 10 heteroatoms. The smallest absolute Gasteiger partial charge is 0.330 e. The second-order valence-electron chi connectivity index (χ2n) is 7.26. The predicted molar refractivity (Wildman–Crippen MR) is 119 cm³/mol. The first-order valence-electron chi connectivity index (χ1n) is 9.65. The summed E-state index contributed by atoms with van der Waals surface area (Å²) < 4.78 is 6.47. The fourth-order valence-electron chi connectivity index (χ4n) is 2.98. The lowest BCUT2D eigenvalue weighted by atomic mass is 10.2. The zero-order valence-electron chi connectivity index (χ0n) is 17.4. The Hall–Kier alpha value is -2.78. The Labute approximate surface area is 179 Å². The second kappa shape index (κ2) is 10.8. The van der Waals surface area contributed by atoms with Gasteiger partial charge in [0.15, 0.2) is 0 Å². The molecule has 0 aliphatic heterocycles. The largest absolute Gasteiger partial charge is 0.383 e. The van der Waals surface area contributed by atoms with E-state index in [1.165, 1.54) is 11.7 Å². The van der Waals surface area contributed by atoms with Crippen LogP contribution in [0.4, 0.5) is 17.2 Å². The molecule has 9 nitrogen and oxygen atoms in total. The van der Waals surface area contributed by atoms with E-state index in [9.17, 15) is 14.4 Å². The summed E-state index contributed by atoms with van der Waals surface area (Å²) in [7, 11) is 1.54. The third-order valence-electron chi connectivity index (χ3n) is 4.40. The molecule has 0 unspecified atom stereocenters. The highest BCUT2D eigenvalue weighted by molar-refractivity contribution is 6.33. The number of carbonyl (C=O) groups is 1. The summed E-state index contributed by atoms with van der Waals surface area (Å²) in [6.45, 7) is 5.08. The molecule has 0 aliphatic carbocycles. The molecule has 0 aliphatic rings. The Morgan fingerprint density at radius 3 is 2.63 bits per heavy atom. The number of rotatable bonds is 10. The Balaban J connectivity index is 2.25. The number of H-pyrrole nitrogens is 1. The van der Waals surface area contributed by atoms with Crippen LogP contribution in [0.1, 0.15) is 20.3 Å². The number of hydrogen-bond acceptors (Lipinski definition) is 6. The summed E-state index contributed by atoms with van der Waals surface area (Å²) >= 11 is 6.07. The van der Waals surface area contributed by atoms with Crippen molar-refractivity contribution in [1.29, 1.82) is 0 Å². The fraction of sp³-hybridized carbons (Fsp3) is 0.450. The average molecular weight is 438 g/mol. The van der Waals surface area contributed by atoms with Gasteiger partial charge in [0.25, 0.3) is 5.56 Å². The van der Waals surface area contributed by atoms with E-state index in [2.05, 4.69) is 10.3 Å². The number of halogens is 1. The van der Waals surface area contributed by atoms with Crippen molar-refractivity contribution in [3.8, 4) is 0 Å². The van der Waals surface area contributed by atoms with Gasteiger partial charge in [0, 0.05) is 33.2 Å². The lowest BCUT2D eigenvalue weighted by molar-refractivity contribution is -0.116. The molecule has 0 fully saturated rings. The Kier molecular flexibility index (Phi) is 8.49. The average Bonchev–Trinajstić information content (AvgIpc) is 2.68. The molecule has 0 bridgehead atoms. The molecule has 30 heavy (non-hydrogen) atoms. The number of anilines is 3. The van der Waals surface area contributed by atoms with Crippen molar-refractivity contribution < 1.29 is 9.53 Å². The predicted octanol–water partition coefficient (Wildman–Crippen LogP) is 1.91. The highest BCUT2D eigenvalue weighted by Gasteiger charge is 2.20. The number of nitrogens with one attached hydrogen (secondary N) is 2. The number of carbonyl (C=O) groups excluding carboxylic acids is 1. The molecule has 1 heterocycles. The van der Waals surface area contributed by atoms with Crippen LogP contribution in [0.15, 0.2) is 33.9 Å². The number of nitrogens with two attached hydrogens (primary N) is 1.